The lowest BCUT2D eigenvalue weighted by atomic mass is 10.2. The van der Waals surface area contributed by atoms with E-state index in [4.69, 9.17) is 5.73 Å². The Hall–Kier alpha value is -1.66. The molecule has 3 N–H and O–H groups in total. The van der Waals surface area contributed by atoms with Crippen LogP contribution in [0.2, 0.25) is 0 Å². The van der Waals surface area contributed by atoms with E-state index < -0.39 is 6.04 Å². The van der Waals surface area contributed by atoms with Crippen LogP contribution in [-0.4, -0.2) is 15.7 Å². The molecular formula is C10H12N4OS. The first kappa shape index (κ1) is 10.8. The van der Waals surface area contributed by atoms with Crippen molar-refractivity contribution in [3.05, 3.63) is 34.7 Å². The highest BCUT2D eigenvalue weighted by Crippen LogP contribution is 2.18. The number of nitrogens with zero attached hydrogens (tertiary/aromatic N) is 2. The minimum absolute atomic E-state index is 0.231. The number of hydrogen-bond donors (Lipinski definition) is 2. The van der Waals surface area contributed by atoms with Crippen molar-refractivity contribution in [2.24, 2.45) is 12.8 Å². The van der Waals surface area contributed by atoms with Gasteiger partial charge in [0.25, 0.3) is 0 Å². The Balaban J connectivity index is 2.07. The first-order chi connectivity index (χ1) is 7.68. The van der Waals surface area contributed by atoms with E-state index in [0.29, 0.717) is 5.82 Å². The third-order valence-electron chi connectivity index (χ3n) is 2.20. The highest BCUT2D eigenvalue weighted by Gasteiger charge is 2.17. The Kier molecular flexibility index (Phi) is 3.02. The molecule has 0 bridgehead atoms. The fraction of sp³-hybridized carbons (Fsp3) is 0.200. The zero-order chi connectivity index (χ0) is 11.5. The Morgan fingerprint density at radius 3 is 3.00 bits per heavy atom. The zero-order valence-electron chi connectivity index (χ0n) is 8.75. The first-order valence-corrected chi connectivity index (χ1v) is 5.64. The summed E-state index contributed by atoms with van der Waals surface area (Å²) in [7, 11) is 1.76. The van der Waals surface area contributed by atoms with Crippen molar-refractivity contribution in [1.29, 1.82) is 0 Å². The number of hydrogen-bond acceptors (Lipinski definition) is 4. The van der Waals surface area contributed by atoms with Crippen molar-refractivity contribution in [3.63, 3.8) is 0 Å². The number of carbonyl (C=O) groups excluding carboxylic acids is 1. The standard InChI is InChI=1S/C10H12N4OS/c1-14-8(4-5-12-14)13-10(15)9(11)7-3-2-6-16-7/h2-6,9H,11H2,1H3,(H,13,15). The maximum atomic E-state index is 11.8. The van der Waals surface area contributed by atoms with E-state index in [9.17, 15) is 4.79 Å². The van der Waals surface area contributed by atoms with E-state index in [1.54, 1.807) is 24.0 Å². The molecule has 0 aliphatic rings. The summed E-state index contributed by atoms with van der Waals surface area (Å²) in [5, 5.41) is 8.57. The molecule has 6 heteroatoms. The summed E-state index contributed by atoms with van der Waals surface area (Å²) in [6.07, 6.45) is 1.62. The van der Waals surface area contributed by atoms with E-state index in [1.807, 2.05) is 17.5 Å². The van der Waals surface area contributed by atoms with E-state index in [0.717, 1.165) is 4.88 Å². The predicted octanol–water partition coefficient (Wildman–Crippen LogP) is 1.12. The fourth-order valence-corrected chi connectivity index (χ4v) is 2.02. The molecular weight excluding hydrogens is 224 g/mol. The normalized spacial score (nSPS) is 12.4. The van der Waals surface area contributed by atoms with Gasteiger partial charge in [-0.2, -0.15) is 5.10 Å². The van der Waals surface area contributed by atoms with Crippen LogP contribution in [-0.2, 0) is 11.8 Å². The number of rotatable bonds is 3. The second-order valence-corrected chi connectivity index (χ2v) is 4.30. The number of aryl methyl sites for hydroxylation is 1. The van der Waals surface area contributed by atoms with Crippen LogP contribution in [0.1, 0.15) is 10.9 Å². The van der Waals surface area contributed by atoms with Crippen molar-refractivity contribution in [3.8, 4) is 0 Å². The number of amides is 1. The summed E-state index contributed by atoms with van der Waals surface area (Å²) < 4.78 is 1.58. The SMILES string of the molecule is Cn1nccc1NC(=O)C(N)c1cccs1. The van der Waals surface area contributed by atoms with E-state index in [-0.39, 0.29) is 5.91 Å². The van der Waals surface area contributed by atoms with Gasteiger partial charge in [-0.05, 0) is 11.4 Å². The van der Waals surface area contributed by atoms with Gasteiger partial charge in [-0.15, -0.1) is 11.3 Å². The van der Waals surface area contributed by atoms with Crippen LogP contribution in [0.4, 0.5) is 5.82 Å². The molecule has 16 heavy (non-hydrogen) atoms. The Morgan fingerprint density at radius 1 is 1.62 bits per heavy atom. The summed E-state index contributed by atoms with van der Waals surface area (Å²) in [5.41, 5.74) is 5.82. The lowest BCUT2D eigenvalue weighted by molar-refractivity contribution is -0.117. The average molecular weight is 236 g/mol. The summed E-state index contributed by atoms with van der Waals surface area (Å²) in [5.74, 6) is 0.406. The van der Waals surface area contributed by atoms with Gasteiger partial charge < -0.3 is 11.1 Å². The Labute approximate surface area is 96.9 Å². The first-order valence-electron chi connectivity index (χ1n) is 4.76. The van der Waals surface area contributed by atoms with Crippen molar-refractivity contribution >= 4 is 23.1 Å². The molecule has 0 radical (unpaired) electrons. The molecule has 0 saturated heterocycles. The Morgan fingerprint density at radius 2 is 2.44 bits per heavy atom. The van der Waals surface area contributed by atoms with Gasteiger partial charge in [-0.3, -0.25) is 9.48 Å². The van der Waals surface area contributed by atoms with Crippen molar-refractivity contribution < 1.29 is 4.79 Å². The smallest absolute Gasteiger partial charge is 0.247 e. The van der Waals surface area contributed by atoms with Crippen molar-refractivity contribution in [2.45, 2.75) is 6.04 Å². The van der Waals surface area contributed by atoms with Gasteiger partial charge in [0.2, 0.25) is 5.91 Å². The third-order valence-corrected chi connectivity index (χ3v) is 3.16. The van der Waals surface area contributed by atoms with Crippen LogP contribution in [0.15, 0.2) is 29.8 Å². The molecule has 2 aromatic heterocycles. The molecule has 1 amide bonds. The quantitative estimate of drug-likeness (QED) is 0.838. The summed E-state index contributed by atoms with van der Waals surface area (Å²) >= 11 is 1.47. The van der Waals surface area contributed by atoms with Crippen molar-refractivity contribution in [2.75, 3.05) is 5.32 Å². The number of anilines is 1. The molecule has 84 valence electrons. The van der Waals surface area contributed by atoms with Crippen LogP contribution in [0.25, 0.3) is 0 Å². The summed E-state index contributed by atoms with van der Waals surface area (Å²) in [6.45, 7) is 0. The van der Waals surface area contributed by atoms with Crippen LogP contribution in [0.3, 0.4) is 0 Å². The molecule has 0 aliphatic carbocycles. The molecule has 0 spiro atoms. The third kappa shape index (κ3) is 2.12. The molecule has 0 fully saturated rings. The minimum Gasteiger partial charge on any atom is -0.316 e. The van der Waals surface area contributed by atoms with Gasteiger partial charge in [0.15, 0.2) is 0 Å². The predicted molar refractivity (Wildman–Crippen MR) is 63.1 cm³/mol. The fourth-order valence-electron chi connectivity index (χ4n) is 1.30. The highest BCUT2D eigenvalue weighted by atomic mass is 32.1. The van der Waals surface area contributed by atoms with Crippen LogP contribution < -0.4 is 11.1 Å². The topological polar surface area (TPSA) is 72.9 Å². The molecule has 2 heterocycles. The molecule has 2 rings (SSSR count). The molecule has 0 aliphatic heterocycles. The van der Waals surface area contributed by atoms with E-state index >= 15 is 0 Å². The molecule has 0 aromatic carbocycles. The summed E-state index contributed by atoms with van der Waals surface area (Å²) in [6, 6.07) is 4.81. The second kappa shape index (κ2) is 4.46. The van der Waals surface area contributed by atoms with Gasteiger partial charge in [0.1, 0.15) is 11.9 Å². The average Bonchev–Trinajstić information content (AvgIpc) is 2.89. The molecule has 1 unspecified atom stereocenters. The number of nitrogens with one attached hydrogen (secondary N) is 1. The lowest BCUT2D eigenvalue weighted by Gasteiger charge is -2.10. The van der Waals surface area contributed by atoms with Gasteiger partial charge in [0, 0.05) is 18.0 Å². The van der Waals surface area contributed by atoms with Gasteiger partial charge in [-0.25, -0.2) is 0 Å². The number of aromatic nitrogens is 2. The van der Waals surface area contributed by atoms with E-state index in [2.05, 4.69) is 10.4 Å². The monoisotopic (exact) mass is 236 g/mol. The molecule has 1 atom stereocenters. The second-order valence-electron chi connectivity index (χ2n) is 3.32. The lowest BCUT2D eigenvalue weighted by Crippen LogP contribution is -2.27. The molecule has 5 nitrogen and oxygen atoms in total. The van der Waals surface area contributed by atoms with Gasteiger partial charge in [-0.1, -0.05) is 6.07 Å². The van der Waals surface area contributed by atoms with Gasteiger partial charge >= 0.3 is 0 Å². The largest absolute Gasteiger partial charge is 0.316 e. The van der Waals surface area contributed by atoms with Crippen LogP contribution in [0, 0.1) is 0 Å². The Bertz CT molecular complexity index is 477. The maximum Gasteiger partial charge on any atom is 0.247 e. The molecule has 0 saturated carbocycles. The molecule has 2 aromatic rings. The maximum absolute atomic E-state index is 11.8. The number of thiophene rings is 1. The summed E-state index contributed by atoms with van der Waals surface area (Å²) in [4.78, 5) is 12.6. The minimum atomic E-state index is -0.630. The number of nitrogens with two attached hydrogens (primary N) is 1. The van der Waals surface area contributed by atoms with Crippen LogP contribution >= 0.6 is 11.3 Å². The zero-order valence-corrected chi connectivity index (χ0v) is 9.57. The van der Waals surface area contributed by atoms with E-state index in [1.165, 1.54) is 11.3 Å². The van der Waals surface area contributed by atoms with Gasteiger partial charge in [0.05, 0.1) is 6.20 Å². The highest BCUT2D eigenvalue weighted by molar-refractivity contribution is 7.10. The number of carbonyl (C=O) groups is 1. The van der Waals surface area contributed by atoms with Crippen molar-refractivity contribution in [1.82, 2.24) is 9.78 Å². The van der Waals surface area contributed by atoms with Crippen LogP contribution in [0.5, 0.6) is 0 Å².